The molecule has 0 aromatic heterocycles. The molecule has 0 spiro atoms. The van der Waals surface area contributed by atoms with Crippen LogP contribution >= 0.6 is 0 Å². The summed E-state index contributed by atoms with van der Waals surface area (Å²) in [5.41, 5.74) is 8.86. The van der Waals surface area contributed by atoms with Gasteiger partial charge in [0.1, 0.15) is 0 Å². The van der Waals surface area contributed by atoms with Gasteiger partial charge in [-0.25, -0.2) is 0 Å². The molecule has 9 heteroatoms. The van der Waals surface area contributed by atoms with E-state index in [1.54, 1.807) is 0 Å². The van der Waals surface area contributed by atoms with Gasteiger partial charge < -0.3 is 0 Å². The van der Waals surface area contributed by atoms with E-state index in [1.165, 1.54) is 12.2 Å². The van der Waals surface area contributed by atoms with Crippen LogP contribution in [0.25, 0.3) is 10.4 Å². The normalized spacial score (nSPS) is 18.1. The maximum atomic E-state index is 11.5. The lowest BCUT2D eigenvalue weighted by Gasteiger charge is -2.11. The average Bonchev–Trinajstić information content (AvgIpc) is 2.68. The lowest BCUT2D eigenvalue weighted by atomic mass is 9.97. The fourth-order valence-electron chi connectivity index (χ4n) is 1.71. The zero-order chi connectivity index (χ0) is 14.0. The van der Waals surface area contributed by atoms with Crippen molar-refractivity contribution in [2.75, 3.05) is 0 Å². The summed E-state index contributed by atoms with van der Waals surface area (Å²) in [6.07, 6.45) is 3.59. The SMILES string of the molecule is [N-]=[N+]=NC1=C(C2=CC(=O)NC2=O)C=CC(=S(=O)=O)C1. The molecule has 96 valence electrons. The number of rotatable bonds is 2. The van der Waals surface area contributed by atoms with Crippen LogP contribution in [-0.4, -0.2) is 25.1 Å². The minimum atomic E-state index is -2.43. The Balaban J connectivity index is 2.57. The number of imide groups is 1. The number of carbonyl (C=O) groups excluding carboxylic acids is 2. The van der Waals surface area contributed by atoms with Gasteiger partial charge in [-0.05, 0) is 17.2 Å². The van der Waals surface area contributed by atoms with E-state index in [9.17, 15) is 18.0 Å². The second-order valence-corrected chi connectivity index (χ2v) is 4.63. The van der Waals surface area contributed by atoms with Crippen LogP contribution in [0.15, 0.2) is 40.2 Å². The summed E-state index contributed by atoms with van der Waals surface area (Å²) in [7, 11) is -2.43. The lowest BCUT2D eigenvalue weighted by molar-refractivity contribution is -0.123. The molecular weight excluding hydrogens is 272 g/mol. The Morgan fingerprint density at radius 2 is 2.05 bits per heavy atom. The van der Waals surface area contributed by atoms with Gasteiger partial charge in [-0.2, -0.15) is 8.42 Å². The molecule has 1 aliphatic carbocycles. The monoisotopic (exact) mass is 278 g/mol. The largest absolute Gasteiger partial charge is 0.289 e. The summed E-state index contributed by atoms with van der Waals surface area (Å²) in [6, 6.07) is 0. The predicted octanol–water partition coefficient (Wildman–Crippen LogP) is 0.145. The van der Waals surface area contributed by atoms with Gasteiger partial charge in [0.15, 0.2) is 0 Å². The van der Waals surface area contributed by atoms with Crippen molar-refractivity contribution in [3.05, 3.63) is 45.5 Å². The molecule has 0 atom stereocenters. The van der Waals surface area contributed by atoms with Crippen LogP contribution in [0.1, 0.15) is 6.42 Å². The topological polar surface area (TPSA) is 129 Å². The zero-order valence-corrected chi connectivity index (χ0v) is 10.1. The third kappa shape index (κ3) is 2.46. The Hall–Kier alpha value is -2.64. The first-order valence-electron chi connectivity index (χ1n) is 5.01. The zero-order valence-electron chi connectivity index (χ0n) is 9.32. The molecule has 0 saturated heterocycles. The smallest absolute Gasteiger partial charge is 0.258 e. The summed E-state index contributed by atoms with van der Waals surface area (Å²) in [5, 5.41) is 5.44. The van der Waals surface area contributed by atoms with Gasteiger partial charge in [0.25, 0.3) is 11.8 Å². The van der Waals surface area contributed by atoms with Crippen LogP contribution in [0.5, 0.6) is 0 Å². The van der Waals surface area contributed by atoms with Crippen molar-refractivity contribution < 1.29 is 18.0 Å². The number of carbonyl (C=O) groups is 2. The van der Waals surface area contributed by atoms with Crippen molar-refractivity contribution in [2.45, 2.75) is 6.42 Å². The first-order chi connectivity index (χ1) is 9.02. The molecule has 0 radical (unpaired) electrons. The number of allylic oxidation sites excluding steroid dienone is 3. The summed E-state index contributed by atoms with van der Waals surface area (Å²) in [4.78, 5) is 25.2. The van der Waals surface area contributed by atoms with Crippen molar-refractivity contribution in [1.82, 2.24) is 5.32 Å². The van der Waals surface area contributed by atoms with Gasteiger partial charge >= 0.3 is 0 Å². The Bertz CT molecular complexity index is 755. The molecule has 0 fully saturated rings. The van der Waals surface area contributed by atoms with Crippen LogP contribution in [0.4, 0.5) is 0 Å². The van der Waals surface area contributed by atoms with E-state index in [2.05, 4.69) is 15.3 Å². The van der Waals surface area contributed by atoms with Crippen LogP contribution in [0.2, 0.25) is 0 Å². The highest BCUT2D eigenvalue weighted by Crippen LogP contribution is 2.26. The van der Waals surface area contributed by atoms with Crippen molar-refractivity contribution in [1.29, 1.82) is 0 Å². The van der Waals surface area contributed by atoms with Crippen LogP contribution < -0.4 is 5.32 Å². The number of azide groups is 1. The van der Waals surface area contributed by atoms with E-state index >= 15 is 0 Å². The molecule has 8 nitrogen and oxygen atoms in total. The Morgan fingerprint density at radius 1 is 1.32 bits per heavy atom. The third-order valence-corrected chi connectivity index (χ3v) is 3.22. The number of amides is 2. The molecule has 0 saturated carbocycles. The minimum Gasteiger partial charge on any atom is -0.289 e. The quantitative estimate of drug-likeness (QED) is 0.253. The molecule has 0 unspecified atom stereocenters. The maximum Gasteiger partial charge on any atom is 0.258 e. The highest BCUT2D eigenvalue weighted by molar-refractivity contribution is 7.73. The van der Waals surface area contributed by atoms with Crippen LogP contribution in [-0.2, 0) is 19.9 Å². The van der Waals surface area contributed by atoms with Gasteiger partial charge in [0.05, 0.1) is 10.4 Å². The van der Waals surface area contributed by atoms with E-state index in [4.69, 9.17) is 5.53 Å². The molecule has 1 aliphatic heterocycles. The molecule has 0 bridgehead atoms. The Morgan fingerprint density at radius 3 is 2.58 bits per heavy atom. The first-order valence-corrected chi connectivity index (χ1v) is 6.09. The summed E-state index contributed by atoms with van der Waals surface area (Å²) in [6.45, 7) is 0. The standard InChI is InChI=1S/C10H6N4O4S/c11-14-13-8-3-5(19(17)18)1-2-6(8)7-4-9(15)12-10(7)16/h1-2,4H,3H2,(H,12,15,16). The molecule has 2 amide bonds. The van der Waals surface area contributed by atoms with Crippen LogP contribution in [0.3, 0.4) is 0 Å². The minimum absolute atomic E-state index is 0.0384. The van der Waals surface area contributed by atoms with E-state index in [-0.39, 0.29) is 28.1 Å². The molecule has 2 aliphatic rings. The van der Waals surface area contributed by atoms with Crippen molar-refractivity contribution in [3.8, 4) is 0 Å². The molecule has 0 aromatic carbocycles. The molecular formula is C10H6N4O4S. The van der Waals surface area contributed by atoms with E-state index < -0.39 is 22.1 Å². The molecule has 1 N–H and O–H groups in total. The number of nitrogens with zero attached hydrogens (tertiary/aromatic N) is 3. The van der Waals surface area contributed by atoms with Gasteiger partial charge in [0.2, 0.25) is 10.3 Å². The van der Waals surface area contributed by atoms with E-state index in [0.29, 0.717) is 0 Å². The van der Waals surface area contributed by atoms with Crippen LogP contribution in [0, 0.1) is 0 Å². The fourth-order valence-corrected chi connectivity index (χ4v) is 2.14. The Labute approximate surface area is 108 Å². The molecule has 19 heavy (non-hydrogen) atoms. The molecule has 1 heterocycles. The van der Waals surface area contributed by atoms with Crippen molar-refractivity contribution in [3.63, 3.8) is 0 Å². The first kappa shape index (κ1) is 12.8. The summed E-state index contributed by atoms with van der Waals surface area (Å²) >= 11 is 0. The average molecular weight is 278 g/mol. The molecule has 0 aromatic rings. The van der Waals surface area contributed by atoms with Crippen molar-refractivity contribution in [2.24, 2.45) is 5.11 Å². The second kappa shape index (κ2) is 4.92. The van der Waals surface area contributed by atoms with Gasteiger partial charge in [-0.15, -0.1) is 0 Å². The Kier molecular flexibility index (Phi) is 3.32. The third-order valence-electron chi connectivity index (χ3n) is 2.51. The predicted molar refractivity (Wildman–Crippen MR) is 65.1 cm³/mol. The summed E-state index contributed by atoms with van der Waals surface area (Å²) in [5.74, 6) is -1.18. The highest BCUT2D eigenvalue weighted by Gasteiger charge is 2.26. The summed E-state index contributed by atoms with van der Waals surface area (Å²) < 4.78 is 21.7. The van der Waals surface area contributed by atoms with Gasteiger partial charge in [-0.3, -0.25) is 14.9 Å². The maximum absolute atomic E-state index is 11.5. The van der Waals surface area contributed by atoms with E-state index in [0.717, 1.165) is 6.08 Å². The van der Waals surface area contributed by atoms with Crippen molar-refractivity contribution >= 4 is 27.0 Å². The number of hydrogen-bond acceptors (Lipinski definition) is 5. The van der Waals surface area contributed by atoms with E-state index in [1.807, 2.05) is 0 Å². The lowest BCUT2D eigenvalue weighted by Crippen LogP contribution is -2.23. The second-order valence-electron chi connectivity index (χ2n) is 3.64. The number of nitrogens with one attached hydrogen (secondary N) is 1. The molecule has 2 rings (SSSR count). The number of hydrogen-bond donors (Lipinski definition) is 1. The van der Waals surface area contributed by atoms with Gasteiger partial charge in [0, 0.05) is 23.1 Å². The fraction of sp³-hybridized carbons (Fsp3) is 0.100. The van der Waals surface area contributed by atoms with Gasteiger partial charge in [-0.1, -0.05) is 11.2 Å². The highest BCUT2D eigenvalue weighted by atomic mass is 32.2.